The zero-order chi connectivity index (χ0) is 18.2. The van der Waals surface area contributed by atoms with Gasteiger partial charge in [0.05, 0.1) is 16.7 Å². The van der Waals surface area contributed by atoms with Crippen molar-refractivity contribution in [2.75, 3.05) is 6.61 Å². The third-order valence-electron chi connectivity index (χ3n) is 5.36. The van der Waals surface area contributed by atoms with Gasteiger partial charge in [-0.2, -0.15) is 0 Å². The van der Waals surface area contributed by atoms with Gasteiger partial charge in [0.2, 0.25) is 0 Å². The van der Waals surface area contributed by atoms with Crippen LogP contribution in [-0.4, -0.2) is 23.1 Å². The Labute approximate surface area is 157 Å². The van der Waals surface area contributed by atoms with E-state index in [1.54, 1.807) is 13.0 Å². The smallest absolute Gasteiger partial charge is 0.161 e. The van der Waals surface area contributed by atoms with Crippen LogP contribution in [-0.2, 0) is 9.53 Å². The number of hydrogen-bond donors (Lipinski definition) is 2. The summed E-state index contributed by atoms with van der Waals surface area (Å²) >= 11 is 12.0. The molecule has 2 atom stereocenters. The first-order valence-corrected chi connectivity index (χ1v) is 9.34. The fourth-order valence-corrected chi connectivity index (χ4v) is 3.71. The van der Waals surface area contributed by atoms with Gasteiger partial charge in [-0.05, 0) is 56.6 Å². The Morgan fingerprint density at radius 1 is 1.40 bits per heavy atom. The van der Waals surface area contributed by atoms with E-state index in [-0.39, 0.29) is 23.5 Å². The molecule has 0 heterocycles. The SMILES string of the molecule is CC(=O)C1(OCC2=CCC([C@@H](N)c3cc(Cl)c(Cl)cc3O)CC2)CC1. The molecule has 1 fully saturated rings. The molecule has 0 spiro atoms. The highest BCUT2D eigenvalue weighted by Gasteiger charge is 2.48. The number of carbonyl (C=O) groups excluding carboxylic acids is 1. The molecule has 0 aliphatic heterocycles. The first-order chi connectivity index (χ1) is 11.8. The minimum atomic E-state index is -0.514. The number of allylic oxidation sites excluding steroid dienone is 1. The summed E-state index contributed by atoms with van der Waals surface area (Å²) in [6.45, 7) is 2.11. The highest BCUT2D eigenvalue weighted by molar-refractivity contribution is 6.42. The van der Waals surface area contributed by atoms with Crippen LogP contribution in [0.2, 0.25) is 10.0 Å². The molecule has 1 aromatic rings. The van der Waals surface area contributed by atoms with Crippen LogP contribution in [0, 0.1) is 5.92 Å². The number of Topliss-reactive ketones (excluding diaryl/α,β-unsaturated/α-hetero) is 1. The van der Waals surface area contributed by atoms with Gasteiger partial charge in [-0.15, -0.1) is 0 Å². The Balaban J connectivity index is 1.60. The molecular weight excluding hydrogens is 361 g/mol. The van der Waals surface area contributed by atoms with Crippen LogP contribution in [0.1, 0.15) is 50.6 Å². The summed E-state index contributed by atoms with van der Waals surface area (Å²) in [7, 11) is 0. The molecule has 3 N–H and O–H groups in total. The van der Waals surface area contributed by atoms with Gasteiger partial charge in [0.15, 0.2) is 5.78 Å². The maximum atomic E-state index is 11.6. The third kappa shape index (κ3) is 4.03. The van der Waals surface area contributed by atoms with Gasteiger partial charge in [-0.25, -0.2) is 0 Å². The number of benzene rings is 1. The molecule has 25 heavy (non-hydrogen) atoms. The Morgan fingerprint density at radius 2 is 2.08 bits per heavy atom. The third-order valence-corrected chi connectivity index (χ3v) is 6.08. The highest BCUT2D eigenvalue weighted by Crippen LogP contribution is 2.42. The zero-order valence-corrected chi connectivity index (χ0v) is 15.7. The number of carbonyl (C=O) groups is 1. The van der Waals surface area contributed by atoms with Gasteiger partial charge in [-0.1, -0.05) is 29.3 Å². The van der Waals surface area contributed by atoms with Gasteiger partial charge >= 0.3 is 0 Å². The zero-order valence-electron chi connectivity index (χ0n) is 14.2. The lowest BCUT2D eigenvalue weighted by Gasteiger charge is -2.28. The summed E-state index contributed by atoms with van der Waals surface area (Å²) in [5.41, 5.74) is 7.69. The van der Waals surface area contributed by atoms with Crippen molar-refractivity contribution in [3.8, 4) is 5.75 Å². The summed E-state index contributed by atoms with van der Waals surface area (Å²) in [4.78, 5) is 11.6. The van der Waals surface area contributed by atoms with Crippen molar-refractivity contribution in [2.24, 2.45) is 11.7 Å². The molecule has 6 heteroatoms. The monoisotopic (exact) mass is 383 g/mol. The summed E-state index contributed by atoms with van der Waals surface area (Å²) in [5.74, 6) is 0.422. The first kappa shape index (κ1) is 18.7. The lowest BCUT2D eigenvalue weighted by atomic mass is 9.82. The molecule has 0 amide bonds. The summed E-state index contributed by atoms with van der Waals surface area (Å²) < 4.78 is 5.85. The van der Waals surface area contributed by atoms with Crippen molar-refractivity contribution < 1.29 is 14.6 Å². The van der Waals surface area contributed by atoms with Crippen molar-refractivity contribution in [3.63, 3.8) is 0 Å². The van der Waals surface area contributed by atoms with Crippen molar-refractivity contribution >= 4 is 29.0 Å². The molecule has 1 saturated carbocycles. The van der Waals surface area contributed by atoms with Crippen molar-refractivity contribution in [3.05, 3.63) is 39.4 Å². The predicted molar refractivity (Wildman–Crippen MR) is 99.1 cm³/mol. The molecule has 136 valence electrons. The molecule has 4 nitrogen and oxygen atoms in total. The number of aromatic hydroxyl groups is 1. The number of nitrogens with two attached hydrogens (primary N) is 1. The molecule has 2 aliphatic carbocycles. The van der Waals surface area contributed by atoms with Crippen LogP contribution in [0.15, 0.2) is 23.8 Å². The lowest BCUT2D eigenvalue weighted by molar-refractivity contribution is -0.130. The average molecular weight is 384 g/mol. The van der Waals surface area contributed by atoms with Crippen LogP contribution in [0.5, 0.6) is 5.75 Å². The summed E-state index contributed by atoms with van der Waals surface area (Å²) in [5, 5.41) is 10.8. The number of halogens is 2. The molecule has 3 rings (SSSR count). The Morgan fingerprint density at radius 3 is 2.64 bits per heavy atom. The molecule has 0 radical (unpaired) electrons. The van der Waals surface area contributed by atoms with Gasteiger partial charge in [0, 0.05) is 17.7 Å². The fraction of sp³-hybridized carbons (Fsp3) is 0.526. The second-order valence-corrected chi connectivity index (χ2v) is 7.90. The van der Waals surface area contributed by atoms with E-state index >= 15 is 0 Å². The van der Waals surface area contributed by atoms with E-state index in [4.69, 9.17) is 33.7 Å². The van der Waals surface area contributed by atoms with E-state index in [0.717, 1.165) is 32.1 Å². The normalized spacial score (nSPS) is 23.0. The molecule has 0 saturated heterocycles. The quantitative estimate of drug-likeness (QED) is 0.705. The van der Waals surface area contributed by atoms with Crippen LogP contribution < -0.4 is 5.73 Å². The number of phenolic OH excluding ortho intramolecular Hbond substituents is 1. The number of phenols is 1. The van der Waals surface area contributed by atoms with Gasteiger partial charge in [0.25, 0.3) is 0 Å². The summed E-state index contributed by atoms with van der Waals surface area (Å²) in [6.07, 6.45) is 6.42. The molecule has 2 aliphatic rings. The largest absolute Gasteiger partial charge is 0.508 e. The van der Waals surface area contributed by atoms with Crippen molar-refractivity contribution in [2.45, 2.75) is 50.7 Å². The molecule has 1 aromatic carbocycles. The Hall–Kier alpha value is -1.07. The molecule has 0 aromatic heterocycles. The predicted octanol–water partition coefficient (Wildman–Crippen LogP) is 4.56. The summed E-state index contributed by atoms with van der Waals surface area (Å²) in [6, 6.07) is 2.78. The van der Waals surface area contributed by atoms with E-state index in [0.29, 0.717) is 22.2 Å². The number of ether oxygens (including phenoxy) is 1. The second-order valence-electron chi connectivity index (χ2n) is 7.09. The number of ketones is 1. The van der Waals surface area contributed by atoms with Crippen molar-refractivity contribution in [1.29, 1.82) is 0 Å². The van der Waals surface area contributed by atoms with Crippen LogP contribution >= 0.6 is 23.2 Å². The molecular formula is C19H23Cl2NO3. The Bertz CT molecular complexity index is 713. The van der Waals surface area contributed by atoms with Gasteiger partial charge in [-0.3, -0.25) is 4.79 Å². The molecule has 1 unspecified atom stereocenters. The van der Waals surface area contributed by atoms with Crippen LogP contribution in [0.25, 0.3) is 0 Å². The van der Waals surface area contributed by atoms with E-state index < -0.39 is 5.60 Å². The number of rotatable bonds is 6. The topological polar surface area (TPSA) is 72.5 Å². The van der Waals surface area contributed by atoms with Crippen molar-refractivity contribution in [1.82, 2.24) is 0 Å². The average Bonchev–Trinajstić information content (AvgIpc) is 3.37. The number of hydrogen-bond acceptors (Lipinski definition) is 4. The lowest BCUT2D eigenvalue weighted by Crippen LogP contribution is -2.26. The van der Waals surface area contributed by atoms with E-state index in [9.17, 15) is 9.90 Å². The highest BCUT2D eigenvalue weighted by atomic mass is 35.5. The standard InChI is InChI=1S/C19H23Cl2NO3/c1-11(23)19(6-7-19)25-10-12-2-4-13(5-3-12)18(22)14-8-15(20)16(21)9-17(14)24/h2,8-9,13,18,24H,3-7,10,22H2,1H3/t13?,18-/m1/s1. The van der Waals surface area contributed by atoms with Gasteiger partial charge < -0.3 is 15.6 Å². The van der Waals surface area contributed by atoms with E-state index in [1.165, 1.54) is 11.6 Å². The fourth-order valence-electron chi connectivity index (χ4n) is 3.38. The van der Waals surface area contributed by atoms with E-state index in [1.807, 2.05) is 0 Å². The molecule has 0 bridgehead atoms. The van der Waals surface area contributed by atoms with Crippen LogP contribution in [0.4, 0.5) is 0 Å². The minimum absolute atomic E-state index is 0.0807. The van der Waals surface area contributed by atoms with Gasteiger partial charge in [0.1, 0.15) is 11.4 Å². The second kappa shape index (κ2) is 7.28. The Kier molecular flexibility index (Phi) is 5.45. The van der Waals surface area contributed by atoms with E-state index in [2.05, 4.69) is 6.08 Å². The minimum Gasteiger partial charge on any atom is -0.508 e. The first-order valence-electron chi connectivity index (χ1n) is 8.59. The maximum Gasteiger partial charge on any atom is 0.161 e. The maximum absolute atomic E-state index is 11.6. The van der Waals surface area contributed by atoms with Crippen LogP contribution in [0.3, 0.4) is 0 Å².